The number of amidine groups is 1. The molecule has 1 fully saturated rings. The van der Waals surface area contributed by atoms with Crippen LogP contribution in [-0.2, 0) is 4.79 Å². The number of ether oxygens (including phenoxy) is 2. The average Bonchev–Trinajstić information content (AvgIpc) is 3.27. The number of benzene rings is 2. The molecule has 0 N–H and O–H groups in total. The summed E-state index contributed by atoms with van der Waals surface area (Å²) in [4.78, 5) is 24.2. The maximum Gasteiger partial charge on any atom is 0.573 e. The van der Waals surface area contributed by atoms with E-state index in [0.29, 0.717) is 28.3 Å². The van der Waals surface area contributed by atoms with Gasteiger partial charge in [-0.1, -0.05) is 43.8 Å². The standard InChI is InChI=1S/C26H25F3N6O3S/c1-17(2)21-6-4-5-7-22(21)35-23(36)16-39-25(35)33-32-12-13-37-20-14-30-24(31-15-20)34(3)18-8-10-19(11-9-18)38-26(27,28)29/h4-12,14-15,17H,13,16H2,1-3H3/b32-12+,33-25-. The molecule has 1 aromatic heterocycles. The number of carbonyl (C=O) groups excluding carboxylic acids is 1. The molecule has 13 heteroatoms. The van der Waals surface area contributed by atoms with Crippen molar-refractivity contribution in [3.8, 4) is 11.5 Å². The van der Waals surface area contributed by atoms with Crippen molar-refractivity contribution in [2.45, 2.75) is 26.1 Å². The summed E-state index contributed by atoms with van der Waals surface area (Å²) in [7, 11) is 1.68. The van der Waals surface area contributed by atoms with Gasteiger partial charge >= 0.3 is 6.36 Å². The molecule has 1 aliphatic heterocycles. The fourth-order valence-corrected chi connectivity index (χ4v) is 4.47. The fourth-order valence-electron chi connectivity index (χ4n) is 3.65. The Morgan fingerprint density at radius 3 is 2.46 bits per heavy atom. The van der Waals surface area contributed by atoms with E-state index in [9.17, 15) is 18.0 Å². The zero-order valence-corrected chi connectivity index (χ0v) is 22.1. The van der Waals surface area contributed by atoms with Crippen LogP contribution in [0.15, 0.2) is 71.1 Å². The van der Waals surface area contributed by atoms with E-state index in [2.05, 4.69) is 38.8 Å². The smallest absolute Gasteiger partial charge is 0.485 e. The highest BCUT2D eigenvalue weighted by atomic mass is 32.2. The molecule has 1 saturated heterocycles. The number of hydrogen-bond donors (Lipinski definition) is 0. The molecule has 0 unspecified atom stereocenters. The third kappa shape index (κ3) is 7.25. The number of alkyl halides is 3. The zero-order valence-electron chi connectivity index (χ0n) is 21.3. The topological polar surface area (TPSA) is 92.5 Å². The van der Waals surface area contributed by atoms with E-state index in [4.69, 9.17) is 4.74 Å². The summed E-state index contributed by atoms with van der Waals surface area (Å²) in [5.41, 5.74) is 2.42. The van der Waals surface area contributed by atoms with Crippen LogP contribution in [0.1, 0.15) is 25.3 Å². The Morgan fingerprint density at radius 2 is 1.79 bits per heavy atom. The van der Waals surface area contributed by atoms with E-state index in [1.807, 2.05) is 24.3 Å². The second-order valence-corrected chi connectivity index (χ2v) is 9.48. The molecule has 0 saturated carbocycles. The molecule has 0 atom stereocenters. The Bertz CT molecular complexity index is 1350. The maximum absolute atomic E-state index is 12.5. The second-order valence-electron chi connectivity index (χ2n) is 8.54. The van der Waals surface area contributed by atoms with Crippen molar-refractivity contribution in [1.82, 2.24) is 9.97 Å². The monoisotopic (exact) mass is 558 g/mol. The van der Waals surface area contributed by atoms with Crippen molar-refractivity contribution in [2.75, 3.05) is 29.2 Å². The number of thioether (sulfide) groups is 1. The van der Waals surface area contributed by atoms with Gasteiger partial charge in [0.1, 0.15) is 12.4 Å². The van der Waals surface area contributed by atoms with Crippen LogP contribution in [0.3, 0.4) is 0 Å². The van der Waals surface area contributed by atoms with Crippen molar-refractivity contribution in [3.63, 3.8) is 0 Å². The lowest BCUT2D eigenvalue weighted by molar-refractivity contribution is -0.274. The summed E-state index contributed by atoms with van der Waals surface area (Å²) >= 11 is 1.32. The van der Waals surface area contributed by atoms with Crippen molar-refractivity contribution < 1.29 is 27.4 Å². The molecule has 1 aliphatic rings. The number of halogens is 3. The van der Waals surface area contributed by atoms with Gasteiger partial charge in [-0.25, -0.2) is 9.97 Å². The highest BCUT2D eigenvalue weighted by Gasteiger charge is 2.32. The van der Waals surface area contributed by atoms with E-state index < -0.39 is 6.36 Å². The Labute approximate surface area is 227 Å². The largest absolute Gasteiger partial charge is 0.573 e. The highest BCUT2D eigenvalue weighted by molar-refractivity contribution is 8.15. The number of aromatic nitrogens is 2. The molecule has 0 aliphatic carbocycles. The van der Waals surface area contributed by atoms with E-state index in [0.717, 1.165) is 11.3 Å². The van der Waals surface area contributed by atoms with Gasteiger partial charge in [0, 0.05) is 12.7 Å². The quantitative estimate of drug-likeness (QED) is 0.243. The van der Waals surface area contributed by atoms with Gasteiger partial charge in [-0.2, -0.15) is 5.10 Å². The molecule has 4 rings (SSSR count). The van der Waals surface area contributed by atoms with Crippen molar-refractivity contribution in [3.05, 3.63) is 66.5 Å². The number of hydrogen-bond acceptors (Lipinski definition) is 9. The number of nitrogens with zero attached hydrogens (tertiary/aromatic N) is 6. The third-order valence-corrected chi connectivity index (χ3v) is 6.40. The minimum absolute atomic E-state index is 0.0499. The van der Waals surface area contributed by atoms with Crippen LogP contribution in [0, 0.1) is 0 Å². The predicted molar refractivity (Wildman–Crippen MR) is 145 cm³/mol. The number of amides is 1. The van der Waals surface area contributed by atoms with E-state index in [1.54, 1.807) is 16.8 Å². The lowest BCUT2D eigenvalue weighted by Gasteiger charge is -2.20. The van der Waals surface area contributed by atoms with E-state index in [1.165, 1.54) is 54.6 Å². The molecule has 0 bridgehead atoms. The lowest BCUT2D eigenvalue weighted by Crippen LogP contribution is -2.30. The molecular formula is C26H25F3N6O3S. The fraction of sp³-hybridized carbons (Fsp3) is 0.269. The van der Waals surface area contributed by atoms with Crippen molar-refractivity contribution >= 4 is 46.4 Å². The molecule has 2 aromatic carbocycles. The molecule has 1 amide bonds. The van der Waals surface area contributed by atoms with Gasteiger partial charge < -0.3 is 14.4 Å². The minimum atomic E-state index is -4.75. The third-order valence-electron chi connectivity index (χ3n) is 5.49. The van der Waals surface area contributed by atoms with Crippen LogP contribution in [0.2, 0.25) is 0 Å². The lowest BCUT2D eigenvalue weighted by atomic mass is 10.0. The van der Waals surface area contributed by atoms with Crippen LogP contribution in [-0.4, -0.2) is 53.0 Å². The van der Waals surface area contributed by atoms with Gasteiger partial charge in [-0.3, -0.25) is 9.69 Å². The first-order valence-corrected chi connectivity index (χ1v) is 12.8. The normalized spacial score (nSPS) is 15.0. The van der Waals surface area contributed by atoms with Crippen LogP contribution < -0.4 is 19.3 Å². The summed E-state index contributed by atoms with van der Waals surface area (Å²) in [5, 5.41) is 8.78. The van der Waals surface area contributed by atoms with Crippen LogP contribution in [0.4, 0.5) is 30.5 Å². The van der Waals surface area contributed by atoms with Crippen molar-refractivity contribution in [2.24, 2.45) is 10.2 Å². The average molecular weight is 559 g/mol. The molecule has 3 aromatic rings. The molecule has 9 nitrogen and oxygen atoms in total. The number of rotatable bonds is 9. The predicted octanol–water partition coefficient (Wildman–Crippen LogP) is 5.77. The molecule has 0 radical (unpaired) electrons. The zero-order chi connectivity index (χ0) is 28.0. The number of para-hydroxylation sites is 1. The van der Waals surface area contributed by atoms with Gasteiger partial charge in [-0.05, 0) is 41.8 Å². The van der Waals surface area contributed by atoms with E-state index >= 15 is 0 Å². The molecule has 39 heavy (non-hydrogen) atoms. The first kappa shape index (κ1) is 27.9. The molecule has 2 heterocycles. The summed E-state index contributed by atoms with van der Waals surface area (Å²) in [5.74, 6) is 0.869. The van der Waals surface area contributed by atoms with Crippen LogP contribution >= 0.6 is 11.8 Å². The van der Waals surface area contributed by atoms with Gasteiger partial charge in [-0.15, -0.1) is 18.3 Å². The summed E-state index contributed by atoms with van der Waals surface area (Å²) in [6.45, 7) is 4.24. The van der Waals surface area contributed by atoms with Gasteiger partial charge in [0.25, 0.3) is 0 Å². The Morgan fingerprint density at radius 1 is 1.10 bits per heavy atom. The summed E-state index contributed by atoms with van der Waals surface area (Å²) in [6.07, 6.45) is -0.350. The molecule has 204 valence electrons. The second kappa shape index (κ2) is 12.2. The first-order chi connectivity index (χ1) is 18.6. The summed E-state index contributed by atoms with van der Waals surface area (Å²) < 4.78 is 46.5. The SMILES string of the molecule is CC(C)c1ccccc1N1C(=O)CS/C1=N\N=C\COc1cnc(N(C)c2ccc(OC(F)(F)F)cc2)nc1. The molecule has 0 spiro atoms. The van der Waals surface area contributed by atoms with Crippen LogP contribution in [0.25, 0.3) is 0 Å². The molecular weight excluding hydrogens is 533 g/mol. The first-order valence-electron chi connectivity index (χ1n) is 11.8. The van der Waals surface area contributed by atoms with Crippen molar-refractivity contribution in [1.29, 1.82) is 0 Å². The van der Waals surface area contributed by atoms with Gasteiger partial charge in [0.2, 0.25) is 11.9 Å². The van der Waals surface area contributed by atoms with E-state index in [-0.39, 0.29) is 24.2 Å². The number of anilines is 3. The van der Waals surface area contributed by atoms with Gasteiger partial charge in [0.15, 0.2) is 10.9 Å². The summed E-state index contributed by atoms with van der Waals surface area (Å²) in [6, 6.07) is 13.1. The Balaban J connectivity index is 1.33. The minimum Gasteiger partial charge on any atom is -0.485 e. The Kier molecular flexibility index (Phi) is 8.69. The van der Waals surface area contributed by atoms with Gasteiger partial charge in [0.05, 0.1) is 30.0 Å². The Hall–Kier alpha value is -4.13. The highest BCUT2D eigenvalue weighted by Crippen LogP contribution is 2.33. The maximum atomic E-state index is 12.5. The number of carbonyl (C=O) groups is 1. The van der Waals surface area contributed by atoms with Crippen LogP contribution in [0.5, 0.6) is 11.5 Å².